The number of amides is 3. The molecule has 0 fully saturated rings. The molecule has 34 heavy (non-hydrogen) atoms. The minimum atomic E-state index is -0.531. The molecule has 1 heterocycles. The van der Waals surface area contributed by atoms with E-state index in [1.807, 2.05) is 43.0 Å². The molecule has 1 aliphatic heterocycles. The Morgan fingerprint density at radius 2 is 1.88 bits per heavy atom. The van der Waals surface area contributed by atoms with Crippen molar-refractivity contribution in [2.24, 2.45) is 4.99 Å². The largest absolute Gasteiger partial charge is 0.496 e. The lowest BCUT2D eigenvalue weighted by Crippen LogP contribution is -2.28. The SMILES string of the molecule is CCN(CC)C1=NC(=O)C(CC(=O)Nc2cccc(C(=O)NCCc3ccccc3OC)c2)S1. The van der Waals surface area contributed by atoms with Crippen molar-refractivity contribution >= 4 is 40.3 Å². The number of ether oxygens (including phenoxy) is 1. The Labute approximate surface area is 204 Å². The Morgan fingerprint density at radius 1 is 1.12 bits per heavy atom. The maximum atomic E-state index is 12.6. The number of methoxy groups -OCH3 is 1. The van der Waals surface area contributed by atoms with E-state index in [1.54, 1.807) is 31.4 Å². The molecule has 0 saturated heterocycles. The van der Waals surface area contributed by atoms with E-state index >= 15 is 0 Å². The first-order chi connectivity index (χ1) is 16.4. The lowest BCUT2D eigenvalue weighted by Gasteiger charge is -2.19. The Balaban J connectivity index is 1.51. The van der Waals surface area contributed by atoms with E-state index in [0.29, 0.717) is 29.4 Å². The van der Waals surface area contributed by atoms with Gasteiger partial charge in [0.2, 0.25) is 5.91 Å². The Kier molecular flexibility index (Phi) is 9.09. The highest BCUT2D eigenvalue weighted by Gasteiger charge is 2.32. The van der Waals surface area contributed by atoms with E-state index < -0.39 is 5.25 Å². The molecule has 1 unspecified atom stereocenters. The number of carbonyl (C=O) groups is 3. The van der Waals surface area contributed by atoms with Gasteiger partial charge in [-0.2, -0.15) is 4.99 Å². The van der Waals surface area contributed by atoms with E-state index in [1.165, 1.54) is 11.8 Å². The summed E-state index contributed by atoms with van der Waals surface area (Å²) in [5.74, 6) is -0.0272. The molecule has 0 aromatic heterocycles. The van der Waals surface area contributed by atoms with Crippen LogP contribution in [0.4, 0.5) is 5.69 Å². The first-order valence-corrected chi connectivity index (χ1v) is 12.2. The van der Waals surface area contributed by atoms with Gasteiger partial charge in [-0.1, -0.05) is 36.0 Å². The molecule has 1 aliphatic rings. The Bertz CT molecular complexity index is 1070. The molecule has 9 heteroatoms. The second-order valence-electron chi connectivity index (χ2n) is 7.66. The van der Waals surface area contributed by atoms with Crippen molar-refractivity contribution in [2.45, 2.75) is 31.9 Å². The highest BCUT2D eigenvalue weighted by molar-refractivity contribution is 8.15. The molecular formula is C25H30N4O4S. The number of rotatable bonds is 10. The van der Waals surface area contributed by atoms with E-state index in [0.717, 1.165) is 24.4 Å². The number of thioether (sulfide) groups is 1. The smallest absolute Gasteiger partial charge is 0.262 e. The molecule has 1 atom stereocenters. The normalized spacial score (nSPS) is 15.0. The van der Waals surface area contributed by atoms with Crippen molar-refractivity contribution in [1.82, 2.24) is 10.2 Å². The van der Waals surface area contributed by atoms with Crippen molar-refractivity contribution in [1.29, 1.82) is 0 Å². The lowest BCUT2D eigenvalue weighted by atomic mass is 10.1. The summed E-state index contributed by atoms with van der Waals surface area (Å²) < 4.78 is 5.34. The van der Waals surface area contributed by atoms with Crippen LogP contribution >= 0.6 is 11.8 Å². The van der Waals surface area contributed by atoms with Crippen LogP contribution in [0.15, 0.2) is 53.5 Å². The summed E-state index contributed by atoms with van der Waals surface area (Å²) in [6, 6.07) is 14.4. The fraction of sp³-hybridized carbons (Fsp3) is 0.360. The maximum absolute atomic E-state index is 12.6. The van der Waals surface area contributed by atoms with Crippen LogP contribution in [-0.4, -0.2) is 59.8 Å². The van der Waals surface area contributed by atoms with Crippen LogP contribution in [0.25, 0.3) is 0 Å². The number of anilines is 1. The van der Waals surface area contributed by atoms with Crippen molar-refractivity contribution in [2.75, 3.05) is 32.1 Å². The number of amidine groups is 1. The first kappa shape index (κ1) is 25.3. The van der Waals surface area contributed by atoms with Crippen LogP contribution in [-0.2, 0) is 16.0 Å². The number of nitrogens with one attached hydrogen (secondary N) is 2. The number of carbonyl (C=O) groups excluding carboxylic acids is 3. The van der Waals surface area contributed by atoms with E-state index in [2.05, 4.69) is 15.6 Å². The molecule has 0 saturated carbocycles. The monoisotopic (exact) mass is 482 g/mol. The van der Waals surface area contributed by atoms with Gasteiger partial charge in [-0.05, 0) is 50.1 Å². The van der Waals surface area contributed by atoms with E-state index in [4.69, 9.17) is 4.74 Å². The number of hydrogen-bond acceptors (Lipinski definition) is 6. The Morgan fingerprint density at radius 3 is 2.62 bits per heavy atom. The molecule has 8 nitrogen and oxygen atoms in total. The quantitative estimate of drug-likeness (QED) is 0.539. The van der Waals surface area contributed by atoms with Crippen LogP contribution in [0.3, 0.4) is 0 Å². The van der Waals surface area contributed by atoms with E-state index in [9.17, 15) is 14.4 Å². The summed E-state index contributed by atoms with van der Waals surface area (Å²) in [4.78, 5) is 43.4. The summed E-state index contributed by atoms with van der Waals surface area (Å²) >= 11 is 1.33. The van der Waals surface area contributed by atoms with Crippen molar-refractivity contribution < 1.29 is 19.1 Å². The third-order valence-corrected chi connectivity index (χ3v) is 6.63. The fourth-order valence-corrected chi connectivity index (χ4v) is 4.77. The van der Waals surface area contributed by atoms with Gasteiger partial charge < -0.3 is 20.3 Å². The molecule has 180 valence electrons. The summed E-state index contributed by atoms with van der Waals surface area (Å²) in [6.07, 6.45) is 0.657. The first-order valence-electron chi connectivity index (χ1n) is 11.3. The summed E-state index contributed by atoms with van der Waals surface area (Å²) in [6.45, 7) is 5.95. The maximum Gasteiger partial charge on any atom is 0.262 e. The molecule has 3 amide bonds. The van der Waals surface area contributed by atoms with Gasteiger partial charge in [0, 0.05) is 37.3 Å². The van der Waals surface area contributed by atoms with Gasteiger partial charge in [-0.3, -0.25) is 14.4 Å². The zero-order valence-electron chi connectivity index (χ0n) is 19.7. The van der Waals surface area contributed by atoms with E-state index in [-0.39, 0.29) is 24.1 Å². The predicted octanol–water partition coefficient (Wildman–Crippen LogP) is 3.34. The fourth-order valence-electron chi connectivity index (χ4n) is 3.58. The molecule has 0 aliphatic carbocycles. The van der Waals surface area contributed by atoms with Gasteiger partial charge in [0.15, 0.2) is 5.17 Å². The molecule has 0 spiro atoms. The van der Waals surface area contributed by atoms with Gasteiger partial charge in [-0.15, -0.1) is 0 Å². The van der Waals surface area contributed by atoms with Gasteiger partial charge in [0.1, 0.15) is 11.0 Å². The molecule has 0 radical (unpaired) electrons. The van der Waals surface area contributed by atoms with Crippen LogP contribution in [0.5, 0.6) is 5.75 Å². The van der Waals surface area contributed by atoms with Crippen LogP contribution in [0.2, 0.25) is 0 Å². The highest BCUT2D eigenvalue weighted by Crippen LogP contribution is 2.27. The average Bonchev–Trinajstić information content (AvgIpc) is 3.19. The molecule has 2 N–H and O–H groups in total. The predicted molar refractivity (Wildman–Crippen MR) is 135 cm³/mol. The summed E-state index contributed by atoms with van der Waals surface area (Å²) in [5.41, 5.74) is 1.96. The lowest BCUT2D eigenvalue weighted by molar-refractivity contribution is -0.121. The molecule has 3 rings (SSSR count). The zero-order chi connectivity index (χ0) is 24.5. The van der Waals surface area contributed by atoms with Gasteiger partial charge in [-0.25, -0.2) is 0 Å². The number of hydrogen-bond donors (Lipinski definition) is 2. The summed E-state index contributed by atoms with van der Waals surface area (Å²) in [7, 11) is 1.62. The molecule has 2 aromatic carbocycles. The van der Waals surface area contributed by atoms with Crippen LogP contribution in [0, 0.1) is 0 Å². The second kappa shape index (κ2) is 12.2. The highest BCUT2D eigenvalue weighted by atomic mass is 32.2. The minimum absolute atomic E-state index is 0.0209. The van der Waals surface area contributed by atoms with Crippen molar-refractivity contribution in [3.8, 4) is 5.75 Å². The summed E-state index contributed by atoms with van der Waals surface area (Å²) in [5, 5.41) is 5.82. The van der Waals surface area contributed by atoms with Gasteiger partial charge >= 0.3 is 0 Å². The molecule has 2 aromatic rings. The van der Waals surface area contributed by atoms with Crippen molar-refractivity contribution in [3.63, 3.8) is 0 Å². The number of aliphatic imine (C=N–C) groups is 1. The Hall–Kier alpha value is -3.33. The van der Waals surface area contributed by atoms with Gasteiger partial charge in [0.05, 0.1) is 7.11 Å². The van der Waals surface area contributed by atoms with Gasteiger partial charge in [0.25, 0.3) is 11.8 Å². The van der Waals surface area contributed by atoms with Crippen molar-refractivity contribution in [3.05, 3.63) is 59.7 Å². The third-order valence-electron chi connectivity index (χ3n) is 5.41. The van der Waals surface area contributed by atoms with Crippen LogP contribution in [0.1, 0.15) is 36.2 Å². The standard InChI is InChI=1S/C25H30N4O4S/c1-4-29(5-2)25-28-24(32)21(34-25)16-22(30)27-19-11-8-10-18(15-19)23(31)26-14-13-17-9-6-7-12-20(17)33-3/h6-12,15,21H,4-5,13-14,16H2,1-3H3,(H,26,31)(H,27,30). The average molecular weight is 483 g/mol. The molecule has 0 bridgehead atoms. The third kappa shape index (κ3) is 6.60. The number of nitrogens with zero attached hydrogens (tertiary/aromatic N) is 2. The topological polar surface area (TPSA) is 100 Å². The number of para-hydroxylation sites is 1. The zero-order valence-corrected chi connectivity index (χ0v) is 20.5. The number of benzene rings is 2. The second-order valence-corrected chi connectivity index (χ2v) is 8.83. The minimum Gasteiger partial charge on any atom is -0.496 e. The van der Waals surface area contributed by atoms with Crippen LogP contribution < -0.4 is 15.4 Å². The molecular weight excluding hydrogens is 452 g/mol.